The summed E-state index contributed by atoms with van der Waals surface area (Å²) in [5.41, 5.74) is 0. The lowest BCUT2D eigenvalue weighted by molar-refractivity contribution is 0.101. The summed E-state index contributed by atoms with van der Waals surface area (Å²) < 4.78 is 4.86. The van der Waals surface area contributed by atoms with Gasteiger partial charge in [-0.25, -0.2) is 4.79 Å². The van der Waals surface area contributed by atoms with Crippen LogP contribution in [0, 0.1) is 17.8 Å². The number of hydrogen-bond acceptors (Lipinski definition) is 3. The monoisotopic (exact) mass is 243 g/mol. The zero-order chi connectivity index (χ0) is 12.8. The SMILES string of the molecule is CC1CCC(C(C)C)C(NC(=O)OCCO)C1. The van der Waals surface area contributed by atoms with Crippen LogP contribution in [0.15, 0.2) is 0 Å². The third kappa shape index (κ3) is 4.54. The molecule has 0 aliphatic heterocycles. The van der Waals surface area contributed by atoms with Crippen molar-refractivity contribution in [1.29, 1.82) is 0 Å². The van der Waals surface area contributed by atoms with E-state index in [0.717, 1.165) is 6.42 Å². The summed E-state index contributed by atoms with van der Waals surface area (Å²) in [5.74, 6) is 1.77. The first-order valence-corrected chi connectivity index (χ1v) is 6.58. The topological polar surface area (TPSA) is 58.6 Å². The fraction of sp³-hybridized carbons (Fsp3) is 0.923. The van der Waals surface area contributed by atoms with Crippen molar-refractivity contribution in [3.05, 3.63) is 0 Å². The molecule has 1 fully saturated rings. The van der Waals surface area contributed by atoms with Crippen LogP contribution in [0.5, 0.6) is 0 Å². The number of aliphatic hydroxyl groups excluding tert-OH is 1. The summed E-state index contributed by atoms with van der Waals surface area (Å²) in [6, 6.07) is 0.213. The Balaban J connectivity index is 2.48. The number of ether oxygens (including phenoxy) is 1. The van der Waals surface area contributed by atoms with Crippen molar-refractivity contribution < 1.29 is 14.6 Å². The van der Waals surface area contributed by atoms with E-state index in [1.54, 1.807) is 0 Å². The molecular weight excluding hydrogens is 218 g/mol. The minimum atomic E-state index is -0.399. The number of hydrogen-bond donors (Lipinski definition) is 2. The molecule has 0 aromatic heterocycles. The van der Waals surface area contributed by atoms with E-state index >= 15 is 0 Å². The molecule has 1 saturated carbocycles. The lowest BCUT2D eigenvalue weighted by Crippen LogP contribution is -2.45. The van der Waals surface area contributed by atoms with Crippen LogP contribution in [-0.2, 0) is 4.74 Å². The van der Waals surface area contributed by atoms with Gasteiger partial charge in [0, 0.05) is 6.04 Å². The van der Waals surface area contributed by atoms with Crippen LogP contribution in [0.3, 0.4) is 0 Å². The molecule has 0 aromatic rings. The summed E-state index contributed by atoms with van der Waals surface area (Å²) in [6.07, 6.45) is 3.04. The smallest absolute Gasteiger partial charge is 0.407 e. The maximum absolute atomic E-state index is 11.5. The van der Waals surface area contributed by atoms with Crippen LogP contribution in [0.1, 0.15) is 40.0 Å². The van der Waals surface area contributed by atoms with E-state index in [1.807, 2.05) is 0 Å². The number of alkyl carbamates (subject to hydrolysis) is 1. The number of aliphatic hydroxyl groups is 1. The zero-order valence-corrected chi connectivity index (χ0v) is 11.1. The van der Waals surface area contributed by atoms with E-state index in [4.69, 9.17) is 9.84 Å². The van der Waals surface area contributed by atoms with Gasteiger partial charge in [-0.05, 0) is 30.6 Å². The molecular formula is C13H25NO3. The molecule has 4 heteroatoms. The van der Waals surface area contributed by atoms with E-state index < -0.39 is 6.09 Å². The highest BCUT2D eigenvalue weighted by atomic mass is 16.6. The van der Waals surface area contributed by atoms with Crippen molar-refractivity contribution in [2.24, 2.45) is 17.8 Å². The van der Waals surface area contributed by atoms with Gasteiger partial charge in [-0.1, -0.05) is 27.2 Å². The van der Waals surface area contributed by atoms with Gasteiger partial charge < -0.3 is 15.2 Å². The van der Waals surface area contributed by atoms with Gasteiger partial charge in [0.2, 0.25) is 0 Å². The predicted octanol–water partition coefficient (Wildman–Crippen LogP) is 2.17. The van der Waals surface area contributed by atoms with Crippen LogP contribution in [0.2, 0.25) is 0 Å². The predicted molar refractivity (Wildman–Crippen MR) is 66.7 cm³/mol. The third-order valence-electron chi connectivity index (χ3n) is 3.65. The average molecular weight is 243 g/mol. The van der Waals surface area contributed by atoms with Gasteiger partial charge in [0.25, 0.3) is 0 Å². The van der Waals surface area contributed by atoms with Crippen LogP contribution >= 0.6 is 0 Å². The van der Waals surface area contributed by atoms with Gasteiger partial charge in [-0.2, -0.15) is 0 Å². The lowest BCUT2D eigenvalue weighted by Gasteiger charge is -2.37. The molecule has 4 nitrogen and oxygen atoms in total. The largest absolute Gasteiger partial charge is 0.447 e. The number of rotatable bonds is 4. The van der Waals surface area contributed by atoms with Crippen LogP contribution in [0.4, 0.5) is 4.79 Å². The molecule has 17 heavy (non-hydrogen) atoms. The normalized spacial score (nSPS) is 29.1. The number of amides is 1. The summed E-state index contributed by atoms with van der Waals surface area (Å²) >= 11 is 0. The van der Waals surface area contributed by atoms with E-state index in [-0.39, 0.29) is 19.3 Å². The standard InChI is InChI=1S/C13H25NO3/c1-9(2)11-5-4-10(3)8-12(11)14-13(16)17-7-6-15/h9-12,15H,4-8H2,1-3H3,(H,14,16). The minimum absolute atomic E-state index is 0.0699. The highest BCUT2D eigenvalue weighted by molar-refractivity contribution is 5.67. The highest BCUT2D eigenvalue weighted by Crippen LogP contribution is 2.33. The van der Waals surface area contributed by atoms with Gasteiger partial charge in [0.1, 0.15) is 6.61 Å². The van der Waals surface area contributed by atoms with Gasteiger partial charge in [-0.3, -0.25) is 0 Å². The van der Waals surface area contributed by atoms with Gasteiger partial charge in [0.15, 0.2) is 0 Å². The van der Waals surface area contributed by atoms with E-state index in [1.165, 1.54) is 12.8 Å². The molecule has 2 N–H and O–H groups in total. The fourth-order valence-corrected chi connectivity index (χ4v) is 2.70. The summed E-state index contributed by atoms with van der Waals surface area (Å²) in [5, 5.41) is 11.5. The second-order valence-electron chi connectivity index (χ2n) is 5.44. The molecule has 0 radical (unpaired) electrons. The van der Waals surface area contributed by atoms with E-state index in [9.17, 15) is 4.79 Å². The van der Waals surface area contributed by atoms with Crippen LogP contribution in [-0.4, -0.2) is 30.5 Å². The van der Waals surface area contributed by atoms with Crippen molar-refractivity contribution in [1.82, 2.24) is 5.32 Å². The molecule has 0 bridgehead atoms. The van der Waals surface area contributed by atoms with Gasteiger partial charge >= 0.3 is 6.09 Å². The maximum atomic E-state index is 11.5. The molecule has 3 unspecified atom stereocenters. The first-order valence-electron chi connectivity index (χ1n) is 6.58. The molecule has 0 saturated heterocycles. The Morgan fingerprint density at radius 3 is 2.76 bits per heavy atom. The van der Waals surface area contributed by atoms with Crippen molar-refractivity contribution in [2.45, 2.75) is 46.1 Å². The third-order valence-corrected chi connectivity index (χ3v) is 3.65. The second-order valence-corrected chi connectivity index (χ2v) is 5.44. The summed E-state index contributed by atoms with van der Waals surface area (Å²) in [6.45, 7) is 6.58. The Morgan fingerprint density at radius 2 is 2.18 bits per heavy atom. The minimum Gasteiger partial charge on any atom is -0.447 e. The summed E-state index contributed by atoms with van der Waals surface area (Å²) in [7, 11) is 0. The quantitative estimate of drug-likeness (QED) is 0.795. The Hall–Kier alpha value is -0.770. The lowest BCUT2D eigenvalue weighted by atomic mass is 9.74. The number of carbonyl (C=O) groups excluding carboxylic acids is 1. The van der Waals surface area contributed by atoms with E-state index in [0.29, 0.717) is 17.8 Å². The van der Waals surface area contributed by atoms with Crippen LogP contribution in [0.25, 0.3) is 0 Å². The molecule has 100 valence electrons. The molecule has 3 atom stereocenters. The van der Waals surface area contributed by atoms with Gasteiger partial charge in [0.05, 0.1) is 6.61 Å². The fourth-order valence-electron chi connectivity index (χ4n) is 2.70. The van der Waals surface area contributed by atoms with E-state index in [2.05, 4.69) is 26.1 Å². The first-order chi connectivity index (χ1) is 8.04. The number of carbonyl (C=O) groups is 1. The molecule has 0 spiro atoms. The summed E-state index contributed by atoms with van der Waals surface area (Å²) in [4.78, 5) is 11.5. The number of nitrogens with one attached hydrogen (secondary N) is 1. The highest BCUT2D eigenvalue weighted by Gasteiger charge is 2.31. The Morgan fingerprint density at radius 1 is 1.47 bits per heavy atom. The molecule has 1 amide bonds. The maximum Gasteiger partial charge on any atom is 0.407 e. The molecule has 1 aliphatic carbocycles. The molecule has 0 heterocycles. The molecule has 1 aliphatic rings. The zero-order valence-electron chi connectivity index (χ0n) is 11.1. The molecule has 0 aromatic carbocycles. The average Bonchev–Trinajstić information content (AvgIpc) is 2.26. The first kappa shape index (κ1) is 14.3. The Bertz CT molecular complexity index is 243. The Kier molecular flexibility index (Phi) is 5.75. The van der Waals surface area contributed by atoms with Crippen molar-refractivity contribution in [3.63, 3.8) is 0 Å². The van der Waals surface area contributed by atoms with Crippen molar-refractivity contribution in [2.75, 3.05) is 13.2 Å². The Labute approximate surface area is 104 Å². The molecule has 1 rings (SSSR count). The van der Waals surface area contributed by atoms with Crippen molar-refractivity contribution in [3.8, 4) is 0 Å². The van der Waals surface area contributed by atoms with Gasteiger partial charge in [-0.15, -0.1) is 0 Å². The van der Waals surface area contributed by atoms with Crippen molar-refractivity contribution >= 4 is 6.09 Å². The van der Waals surface area contributed by atoms with Crippen LogP contribution < -0.4 is 5.32 Å². The second kappa shape index (κ2) is 6.84.